The van der Waals surface area contributed by atoms with Gasteiger partial charge in [-0.1, -0.05) is 0 Å². The Balaban J connectivity index is 2.05. The number of nitrogen functional groups attached to an aromatic ring is 1. The van der Waals surface area contributed by atoms with Crippen molar-refractivity contribution in [2.75, 3.05) is 25.4 Å². The topological polar surface area (TPSA) is 66.6 Å². The second-order valence-corrected chi connectivity index (χ2v) is 4.21. The molecule has 0 aliphatic carbocycles. The number of hydrogen-bond donors (Lipinski definition) is 2. The number of nitrogens with zero attached hydrogens (tertiary/aromatic N) is 1. The largest absolute Gasteiger partial charge is 0.399 e. The number of rotatable bonds is 2. The molecule has 1 saturated heterocycles. The maximum Gasteiger partial charge on any atom is 0.253 e. The van der Waals surface area contributed by atoms with E-state index < -0.39 is 0 Å². The van der Waals surface area contributed by atoms with E-state index in [1.807, 2.05) is 0 Å². The van der Waals surface area contributed by atoms with Gasteiger partial charge in [0.05, 0.1) is 0 Å². The molecule has 4 nitrogen and oxygen atoms in total. The third-order valence-electron chi connectivity index (χ3n) is 2.99. The summed E-state index contributed by atoms with van der Waals surface area (Å²) in [6.07, 6.45) is 0.886. The second-order valence-electron chi connectivity index (χ2n) is 4.21. The molecule has 4 heteroatoms. The molecule has 1 aromatic carbocycles. The molecular formula is C12H16N2O2. The summed E-state index contributed by atoms with van der Waals surface area (Å²) in [6, 6.07) is 6.94. The predicted octanol–water partition coefficient (Wildman–Crippen LogP) is 0.723. The molecule has 1 fully saturated rings. The molecule has 1 aliphatic heterocycles. The van der Waals surface area contributed by atoms with Gasteiger partial charge in [0.1, 0.15) is 0 Å². The molecule has 1 unspecified atom stereocenters. The highest BCUT2D eigenvalue weighted by Crippen LogP contribution is 2.18. The summed E-state index contributed by atoms with van der Waals surface area (Å²) in [7, 11) is 0. The minimum absolute atomic E-state index is 0.0240. The second kappa shape index (κ2) is 4.53. The van der Waals surface area contributed by atoms with Gasteiger partial charge in [-0.15, -0.1) is 0 Å². The fourth-order valence-electron chi connectivity index (χ4n) is 1.97. The maximum atomic E-state index is 12.0. The van der Waals surface area contributed by atoms with Gasteiger partial charge >= 0.3 is 0 Å². The molecule has 1 heterocycles. The zero-order valence-electron chi connectivity index (χ0n) is 9.10. The van der Waals surface area contributed by atoms with E-state index in [2.05, 4.69) is 0 Å². The average Bonchev–Trinajstić information content (AvgIpc) is 2.77. The van der Waals surface area contributed by atoms with Crippen molar-refractivity contribution in [2.24, 2.45) is 5.92 Å². The lowest BCUT2D eigenvalue weighted by molar-refractivity contribution is 0.0782. The minimum Gasteiger partial charge on any atom is -0.399 e. The van der Waals surface area contributed by atoms with Crippen LogP contribution in [0.3, 0.4) is 0 Å². The first-order chi connectivity index (χ1) is 7.70. The van der Waals surface area contributed by atoms with Crippen LogP contribution in [0.4, 0.5) is 5.69 Å². The molecule has 2 rings (SSSR count). The Labute approximate surface area is 94.7 Å². The minimum atomic E-state index is 0.0240. The monoisotopic (exact) mass is 220 g/mol. The molecule has 0 radical (unpaired) electrons. The summed E-state index contributed by atoms with van der Waals surface area (Å²) < 4.78 is 0. The van der Waals surface area contributed by atoms with E-state index in [-0.39, 0.29) is 18.4 Å². The van der Waals surface area contributed by atoms with E-state index >= 15 is 0 Å². The lowest BCUT2D eigenvalue weighted by Gasteiger charge is -2.16. The van der Waals surface area contributed by atoms with Gasteiger partial charge in [0.2, 0.25) is 0 Å². The Hall–Kier alpha value is -1.55. The van der Waals surface area contributed by atoms with Crippen LogP contribution in [0.5, 0.6) is 0 Å². The highest BCUT2D eigenvalue weighted by molar-refractivity contribution is 5.94. The van der Waals surface area contributed by atoms with E-state index in [9.17, 15) is 4.79 Å². The summed E-state index contributed by atoms with van der Waals surface area (Å²) in [5, 5.41) is 9.02. The van der Waals surface area contributed by atoms with Gasteiger partial charge in [-0.25, -0.2) is 0 Å². The zero-order valence-corrected chi connectivity index (χ0v) is 9.10. The van der Waals surface area contributed by atoms with Crippen molar-refractivity contribution in [2.45, 2.75) is 6.42 Å². The first kappa shape index (κ1) is 11.0. The third kappa shape index (κ3) is 2.17. The predicted molar refractivity (Wildman–Crippen MR) is 62.0 cm³/mol. The summed E-state index contributed by atoms with van der Waals surface area (Å²) in [5.74, 6) is 0.258. The fourth-order valence-corrected chi connectivity index (χ4v) is 1.97. The first-order valence-electron chi connectivity index (χ1n) is 5.46. The lowest BCUT2D eigenvalue weighted by Crippen LogP contribution is -2.29. The van der Waals surface area contributed by atoms with Crippen molar-refractivity contribution < 1.29 is 9.90 Å². The van der Waals surface area contributed by atoms with Crippen LogP contribution < -0.4 is 5.73 Å². The van der Waals surface area contributed by atoms with Crippen LogP contribution >= 0.6 is 0 Å². The van der Waals surface area contributed by atoms with Crippen LogP contribution in [0.25, 0.3) is 0 Å². The lowest BCUT2D eigenvalue weighted by atomic mass is 10.1. The summed E-state index contributed by atoms with van der Waals surface area (Å²) in [6.45, 7) is 1.54. The maximum absolute atomic E-state index is 12.0. The number of anilines is 1. The summed E-state index contributed by atoms with van der Waals surface area (Å²) in [5.41, 5.74) is 6.88. The standard InChI is InChI=1S/C12H16N2O2/c13-11-3-1-10(2-4-11)12(16)14-6-5-9(7-14)8-15/h1-4,9,15H,5-8,13H2. The Morgan fingerprint density at radius 2 is 2.12 bits per heavy atom. The van der Waals surface area contributed by atoms with Gasteiger partial charge in [0.15, 0.2) is 0 Å². The van der Waals surface area contributed by atoms with Crippen LogP contribution in [0, 0.1) is 5.92 Å². The number of aliphatic hydroxyl groups is 1. The molecule has 3 N–H and O–H groups in total. The van der Waals surface area contributed by atoms with Gasteiger partial charge in [0.25, 0.3) is 5.91 Å². The fraction of sp³-hybridized carbons (Fsp3) is 0.417. The Kier molecular flexibility index (Phi) is 3.10. The molecular weight excluding hydrogens is 204 g/mol. The van der Waals surface area contributed by atoms with E-state index in [0.29, 0.717) is 17.8 Å². The first-order valence-corrected chi connectivity index (χ1v) is 5.46. The van der Waals surface area contributed by atoms with Crippen LogP contribution in [0.2, 0.25) is 0 Å². The molecule has 1 atom stereocenters. The van der Waals surface area contributed by atoms with Crippen molar-refractivity contribution in [3.05, 3.63) is 29.8 Å². The average molecular weight is 220 g/mol. The number of amides is 1. The van der Waals surface area contributed by atoms with Crippen LogP contribution in [0.15, 0.2) is 24.3 Å². The Bertz CT molecular complexity index is 375. The van der Waals surface area contributed by atoms with E-state index in [0.717, 1.165) is 13.0 Å². The highest BCUT2D eigenvalue weighted by atomic mass is 16.3. The number of hydrogen-bond acceptors (Lipinski definition) is 3. The third-order valence-corrected chi connectivity index (χ3v) is 2.99. The number of carbonyl (C=O) groups excluding carboxylic acids is 1. The van der Waals surface area contributed by atoms with Gasteiger partial charge in [-0.3, -0.25) is 4.79 Å². The SMILES string of the molecule is Nc1ccc(C(=O)N2CCC(CO)C2)cc1. The van der Waals surface area contributed by atoms with Crippen molar-refractivity contribution in [3.8, 4) is 0 Å². The number of nitrogens with two attached hydrogens (primary N) is 1. The Morgan fingerprint density at radius 1 is 1.44 bits per heavy atom. The van der Waals surface area contributed by atoms with Crippen molar-refractivity contribution in [3.63, 3.8) is 0 Å². The molecule has 16 heavy (non-hydrogen) atoms. The normalized spacial score (nSPS) is 20.1. The van der Waals surface area contributed by atoms with Crippen LogP contribution in [-0.4, -0.2) is 35.6 Å². The molecule has 0 saturated carbocycles. The van der Waals surface area contributed by atoms with Gasteiger partial charge in [-0.2, -0.15) is 0 Å². The molecule has 1 amide bonds. The highest BCUT2D eigenvalue weighted by Gasteiger charge is 2.26. The molecule has 86 valence electrons. The molecule has 0 bridgehead atoms. The van der Waals surface area contributed by atoms with Crippen LogP contribution in [-0.2, 0) is 0 Å². The molecule has 0 aromatic heterocycles. The smallest absolute Gasteiger partial charge is 0.253 e. The number of aliphatic hydroxyl groups excluding tert-OH is 1. The quantitative estimate of drug-likeness (QED) is 0.722. The summed E-state index contributed by atoms with van der Waals surface area (Å²) in [4.78, 5) is 13.8. The number of likely N-dealkylation sites (tertiary alicyclic amines) is 1. The molecule has 1 aliphatic rings. The van der Waals surface area contributed by atoms with Crippen molar-refractivity contribution in [1.82, 2.24) is 4.90 Å². The van der Waals surface area contributed by atoms with E-state index in [1.54, 1.807) is 29.2 Å². The van der Waals surface area contributed by atoms with E-state index in [1.165, 1.54) is 0 Å². The summed E-state index contributed by atoms with van der Waals surface area (Å²) >= 11 is 0. The Morgan fingerprint density at radius 3 is 2.69 bits per heavy atom. The zero-order chi connectivity index (χ0) is 11.5. The molecule has 1 aromatic rings. The van der Waals surface area contributed by atoms with Crippen LogP contribution in [0.1, 0.15) is 16.8 Å². The van der Waals surface area contributed by atoms with Gasteiger partial charge < -0.3 is 15.7 Å². The molecule has 0 spiro atoms. The van der Waals surface area contributed by atoms with Crippen molar-refractivity contribution in [1.29, 1.82) is 0 Å². The number of carbonyl (C=O) groups is 1. The number of benzene rings is 1. The van der Waals surface area contributed by atoms with E-state index in [4.69, 9.17) is 10.8 Å². The van der Waals surface area contributed by atoms with Gasteiger partial charge in [-0.05, 0) is 30.7 Å². The van der Waals surface area contributed by atoms with Crippen molar-refractivity contribution >= 4 is 11.6 Å². The van der Waals surface area contributed by atoms with Gasteiger partial charge in [0, 0.05) is 36.9 Å².